The van der Waals surface area contributed by atoms with Crippen molar-refractivity contribution in [3.63, 3.8) is 0 Å². The molecule has 3 nitrogen and oxygen atoms in total. The van der Waals surface area contributed by atoms with Crippen molar-refractivity contribution in [3.8, 4) is 5.88 Å². The van der Waals surface area contributed by atoms with Gasteiger partial charge in [0.15, 0.2) is 0 Å². The quantitative estimate of drug-likeness (QED) is 0.849. The summed E-state index contributed by atoms with van der Waals surface area (Å²) >= 11 is 6.74. The average Bonchev–Trinajstić information content (AvgIpc) is 2.69. The van der Waals surface area contributed by atoms with Crippen LogP contribution in [0.2, 0.25) is 0 Å². The van der Waals surface area contributed by atoms with E-state index in [9.17, 15) is 0 Å². The molecule has 1 atom stereocenters. The van der Waals surface area contributed by atoms with Gasteiger partial charge in [-0.3, -0.25) is 0 Å². The summed E-state index contributed by atoms with van der Waals surface area (Å²) in [6, 6.07) is 1.91. The molecule has 0 aromatic carbocycles. The van der Waals surface area contributed by atoms with E-state index in [1.807, 2.05) is 6.07 Å². The van der Waals surface area contributed by atoms with Gasteiger partial charge in [-0.25, -0.2) is 4.98 Å². The lowest BCUT2D eigenvalue weighted by atomic mass is 10.2. The molecule has 0 saturated carbocycles. The SMILES string of the molecule is Brc1cnc(OCC2CCCO2)c(Br)c1. The number of nitrogens with zero attached hydrogens (tertiary/aromatic N) is 1. The van der Waals surface area contributed by atoms with Crippen molar-refractivity contribution in [2.45, 2.75) is 18.9 Å². The summed E-state index contributed by atoms with van der Waals surface area (Å²) in [5.74, 6) is 0.619. The van der Waals surface area contributed by atoms with Crippen molar-refractivity contribution >= 4 is 31.9 Å². The number of ether oxygens (including phenoxy) is 2. The molecule has 1 saturated heterocycles. The number of hydrogen-bond acceptors (Lipinski definition) is 3. The van der Waals surface area contributed by atoms with E-state index < -0.39 is 0 Å². The highest BCUT2D eigenvalue weighted by atomic mass is 79.9. The Hall–Kier alpha value is -0.130. The van der Waals surface area contributed by atoms with Gasteiger partial charge in [0.05, 0.1) is 10.6 Å². The molecule has 2 rings (SSSR count). The van der Waals surface area contributed by atoms with Gasteiger partial charge in [-0.1, -0.05) is 0 Å². The van der Waals surface area contributed by atoms with Crippen LogP contribution in [0.15, 0.2) is 21.2 Å². The molecule has 0 N–H and O–H groups in total. The zero-order chi connectivity index (χ0) is 10.7. The fourth-order valence-electron chi connectivity index (χ4n) is 1.46. The van der Waals surface area contributed by atoms with E-state index in [1.54, 1.807) is 6.20 Å². The number of halogens is 2. The predicted octanol–water partition coefficient (Wildman–Crippen LogP) is 3.16. The second-order valence-electron chi connectivity index (χ2n) is 3.39. The molecule has 0 amide bonds. The van der Waals surface area contributed by atoms with Crippen molar-refractivity contribution < 1.29 is 9.47 Å². The summed E-state index contributed by atoms with van der Waals surface area (Å²) in [5.41, 5.74) is 0. The molecular formula is C10H11Br2NO2. The fraction of sp³-hybridized carbons (Fsp3) is 0.500. The lowest BCUT2D eigenvalue weighted by Gasteiger charge is -2.11. The number of aromatic nitrogens is 1. The Morgan fingerprint density at radius 2 is 2.40 bits per heavy atom. The minimum atomic E-state index is 0.224. The monoisotopic (exact) mass is 335 g/mol. The Labute approximate surface area is 105 Å². The highest BCUT2D eigenvalue weighted by Crippen LogP contribution is 2.26. The first-order valence-corrected chi connectivity index (χ1v) is 6.40. The van der Waals surface area contributed by atoms with E-state index >= 15 is 0 Å². The van der Waals surface area contributed by atoms with E-state index in [0.717, 1.165) is 28.4 Å². The number of hydrogen-bond donors (Lipinski definition) is 0. The van der Waals surface area contributed by atoms with Gasteiger partial charge in [0.25, 0.3) is 0 Å². The van der Waals surface area contributed by atoms with Gasteiger partial charge in [-0.05, 0) is 50.8 Å². The van der Waals surface area contributed by atoms with Crippen LogP contribution in [0.25, 0.3) is 0 Å². The van der Waals surface area contributed by atoms with Crippen LogP contribution in [0, 0.1) is 0 Å². The lowest BCUT2D eigenvalue weighted by Crippen LogP contribution is -2.16. The van der Waals surface area contributed by atoms with Crippen molar-refractivity contribution in [2.24, 2.45) is 0 Å². The molecular weight excluding hydrogens is 326 g/mol. The first-order valence-electron chi connectivity index (χ1n) is 4.81. The highest BCUT2D eigenvalue weighted by Gasteiger charge is 2.16. The predicted molar refractivity (Wildman–Crippen MR) is 64.1 cm³/mol. The van der Waals surface area contributed by atoms with Crippen molar-refractivity contribution in [3.05, 3.63) is 21.2 Å². The Morgan fingerprint density at radius 1 is 1.53 bits per heavy atom. The zero-order valence-electron chi connectivity index (χ0n) is 8.08. The summed E-state index contributed by atoms with van der Waals surface area (Å²) in [5, 5.41) is 0. The molecule has 5 heteroatoms. The first-order chi connectivity index (χ1) is 7.25. The van der Waals surface area contributed by atoms with Crippen molar-refractivity contribution in [2.75, 3.05) is 13.2 Å². The first kappa shape index (κ1) is 11.4. The van der Waals surface area contributed by atoms with Gasteiger partial charge in [-0.2, -0.15) is 0 Å². The molecule has 15 heavy (non-hydrogen) atoms. The molecule has 0 aliphatic carbocycles. The molecule has 1 aliphatic heterocycles. The minimum absolute atomic E-state index is 0.224. The van der Waals surface area contributed by atoms with Gasteiger partial charge in [-0.15, -0.1) is 0 Å². The maximum Gasteiger partial charge on any atom is 0.228 e. The third kappa shape index (κ3) is 3.16. The second-order valence-corrected chi connectivity index (χ2v) is 5.16. The number of rotatable bonds is 3. The largest absolute Gasteiger partial charge is 0.474 e. The van der Waals surface area contributed by atoms with Crippen LogP contribution in [-0.4, -0.2) is 24.3 Å². The van der Waals surface area contributed by atoms with E-state index in [4.69, 9.17) is 9.47 Å². The minimum Gasteiger partial charge on any atom is -0.474 e. The average molecular weight is 337 g/mol. The van der Waals surface area contributed by atoms with Crippen LogP contribution >= 0.6 is 31.9 Å². The van der Waals surface area contributed by atoms with Crippen LogP contribution in [0.3, 0.4) is 0 Å². The van der Waals surface area contributed by atoms with Crippen LogP contribution in [0.5, 0.6) is 5.88 Å². The van der Waals surface area contributed by atoms with Gasteiger partial charge < -0.3 is 9.47 Å². The maximum atomic E-state index is 5.57. The normalized spacial score (nSPS) is 20.5. The fourth-order valence-corrected chi connectivity index (χ4v) is 2.56. The Morgan fingerprint density at radius 3 is 3.07 bits per heavy atom. The molecule has 1 unspecified atom stereocenters. The van der Waals surface area contributed by atoms with Crippen LogP contribution < -0.4 is 4.74 Å². The molecule has 2 heterocycles. The molecule has 1 aromatic rings. The summed E-state index contributed by atoms with van der Waals surface area (Å²) in [6.07, 6.45) is 4.15. The maximum absolute atomic E-state index is 5.57. The highest BCUT2D eigenvalue weighted by molar-refractivity contribution is 9.11. The smallest absolute Gasteiger partial charge is 0.228 e. The summed E-state index contributed by atoms with van der Waals surface area (Å²) in [6.45, 7) is 1.43. The van der Waals surface area contributed by atoms with Gasteiger partial charge in [0, 0.05) is 17.3 Å². The van der Waals surface area contributed by atoms with Crippen LogP contribution in [-0.2, 0) is 4.74 Å². The topological polar surface area (TPSA) is 31.4 Å². The van der Waals surface area contributed by atoms with Crippen LogP contribution in [0.4, 0.5) is 0 Å². The molecule has 0 bridgehead atoms. The van der Waals surface area contributed by atoms with E-state index in [2.05, 4.69) is 36.8 Å². The van der Waals surface area contributed by atoms with E-state index in [1.165, 1.54) is 0 Å². The van der Waals surface area contributed by atoms with Gasteiger partial charge in [0.1, 0.15) is 6.61 Å². The molecule has 82 valence electrons. The Balaban J connectivity index is 1.92. The Bertz CT molecular complexity index is 340. The Kier molecular flexibility index (Phi) is 3.99. The third-order valence-electron chi connectivity index (χ3n) is 2.20. The van der Waals surface area contributed by atoms with E-state index in [-0.39, 0.29) is 6.10 Å². The summed E-state index contributed by atoms with van der Waals surface area (Å²) in [7, 11) is 0. The molecule has 1 aromatic heterocycles. The van der Waals surface area contributed by atoms with Gasteiger partial charge in [0.2, 0.25) is 5.88 Å². The lowest BCUT2D eigenvalue weighted by molar-refractivity contribution is 0.0660. The van der Waals surface area contributed by atoms with Crippen molar-refractivity contribution in [1.82, 2.24) is 4.98 Å². The third-order valence-corrected chi connectivity index (χ3v) is 3.21. The molecule has 1 fully saturated rings. The molecule has 0 radical (unpaired) electrons. The summed E-state index contributed by atoms with van der Waals surface area (Å²) < 4.78 is 12.8. The number of pyridine rings is 1. The standard InChI is InChI=1S/C10H11Br2NO2/c11-7-4-9(12)10(13-5-7)15-6-8-2-1-3-14-8/h4-5,8H,1-3,6H2. The second kappa shape index (κ2) is 5.27. The summed E-state index contributed by atoms with van der Waals surface area (Å²) in [4.78, 5) is 4.17. The molecule has 1 aliphatic rings. The van der Waals surface area contributed by atoms with Gasteiger partial charge >= 0.3 is 0 Å². The molecule has 0 spiro atoms. The van der Waals surface area contributed by atoms with E-state index in [0.29, 0.717) is 12.5 Å². The van der Waals surface area contributed by atoms with Crippen molar-refractivity contribution in [1.29, 1.82) is 0 Å². The zero-order valence-corrected chi connectivity index (χ0v) is 11.3. The van der Waals surface area contributed by atoms with Crippen LogP contribution in [0.1, 0.15) is 12.8 Å².